The molecule has 10 heteroatoms. The Bertz CT molecular complexity index is 1150. The SMILES string of the molecule is COc1cc(CO)cc(I)c1O[C@H]1C=C(C(=O)NCCO)C[C@@H](N(C(=O)CC2CC3CCC2C3)C2CCCCC2)[C@@H]1O. The highest BCUT2D eigenvalue weighted by Crippen LogP contribution is 2.50. The van der Waals surface area contributed by atoms with Gasteiger partial charge in [-0.05, 0) is 96.2 Å². The third-order valence-electron chi connectivity index (χ3n) is 9.87. The van der Waals surface area contributed by atoms with Crippen LogP contribution in [0.25, 0.3) is 0 Å². The molecule has 0 heterocycles. The van der Waals surface area contributed by atoms with E-state index in [-0.39, 0.29) is 44.0 Å². The van der Waals surface area contributed by atoms with Crippen LogP contribution in [0.5, 0.6) is 11.5 Å². The molecule has 4 N–H and O–H groups in total. The zero-order chi connectivity index (χ0) is 29.8. The van der Waals surface area contributed by atoms with Crippen LogP contribution in [0.1, 0.15) is 76.2 Å². The van der Waals surface area contributed by atoms with Crippen molar-refractivity contribution in [3.05, 3.63) is 32.9 Å². The molecule has 0 spiro atoms. The van der Waals surface area contributed by atoms with Crippen molar-refractivity contribution in [3.8, 4) is 11.5 Å². The van der Waals surface area contributed by atoms with Gasteiger partial charge in [0.1, 0.15) is 12.2 Å². The molecular formula is C32H45IN2O7. The number of methoxy groups -OCH3 is 1. The summed E-state index contributed by atoms with van der Waals surface area (Å²) in [6, 6.07) is 2.88. The molecule has 0 radical (unpaired) electrons. The Morgan fingerprint density at radius 3 is 2.52 bits per heavy atom. The molecule has 42 heavy (non-hydrogen) atoms. The van der Waals surface area contributed by atoms with Gasteiger partial charge in [0.05, 0.1) is 29.9 Å². The molecule has 4 aliphatic carbocycles. The van der Waals surface area contributed by atoms with Crippen LogP contribution in [0, 0.1) is 21.3 Å². The molecule has 0 aliphatic heterocycles. The first-order valence-corrected chi connectivity index (χ1v) is 16.6. The molecule has 0 saturated heterocycles. The minimum absolute atomic E-state index is 0.0171. The van der Waals surface area contributed by atoms with Gasteiger partial charge in [0, 0.05) is 31.0 Å². The predicted molar refractivity (Wildman–Crippen MR) is 166 cm³/mol. The van der Waals surface area contributed by atoms with Crippen molar-refractivity contribution in [2.45, 2.75) is 102 Å². The molecule has 2 bridgehead atoms. The first kappa shape index (κ1) is 31.5. The number of ether oxygens (including phenoxy) is 2. The van der Waals surface area contributed by atoms with Crippen molar-refractivity contribution in [3.63, 3.8) is 0 Å². The summed E-state index contributed by atoms with van der Waals surface area (Å²) in [5.41, 5.74) is 1.10. The number of hydrogen-bond acceptors (Lipinski definition) is 7. The van der Waals surface area contributed by atoms with E-state index in [1.54, 1.807) is 18.2 Å². The fourth-order valence-electron chi connectivity index (χ4n) is 7.84. The Morgan fingerprint density at radius 2 is 1.88 bits per heavy atom. The van der Waals surface area contributed by atoms with E-state index in [9.17, 15) is 24.9 Å². The zero-order valence-electron chi connectivity index (χ0n) is 24.5. The number of carbonyl (C=O) groups excluding carboxylic acids is 2. The van der Waals surface area contributed by atoms with Crippen LogP contribution < -0.4 is 14.8 Å². The Balaban J connectivity index is 1.46. The minimum atomic E-state index is -1.07. The number of halogens is 1. The predicted octanol–water partition coefficient (Wildman–Crippen LogP) is 3.70. The van der Waals surface area contributed by atoms with E-state index in [0.717, 1.165) is 44.4 Å². The van der Waals surface area contributed by atoms with E-state index in [1.165, 1.54) is 26.4 Å². The molecule has 3 saturated carbocycles. The maximum Gasteiger partial charge on any atom is 0.247 e. The topological polar surface area (TPSA) is 129 Å². The lowest BCUT2D eigenvalue weighted by Gasteiger charge is -2.45. The van der Waals surface area contributed by atoms with Crippen LogP contribution >= 0.6 is 22.6 Å². The van der Waals surface area contributed by atoms with Crippen LogP contribution in [0.3, 0.4) is 0 Å². The second-order valence-electron chi connectivity index (χ2n) is 12.5. The Hall–Kier alpha value is -1.89. The molecule has 3 fully saturated rings. The average molecular weight is 697 g/mol. The van der Waals surface area contributed by atoms with Gasteiger partial charge in [-0.3, -0.25) is 9.59 Å². The van der Waals surface area contributed by atoms with Gasteiger partial charge in [-0.2, -0.15) is 0 Å². The summed E-state index contributed by atoms with van der Waals surface area (Å²) in [7, 11) is 1.52. The lowest BCUT2D eigenvalue weighted by molar-refractivity contribution is -0.144. The van der Waals surface area contributed by atoms with Crippen LogP contribution in [0.15, 0.2) is 23.8 Å². The normalized spacial score (nSPS) is 29.2. The summed E-state index contributed by atoms with van der Waals surface area (Å²) in [6.07, 6.45) is 10.2. The Kier molecular flexibility index (Phi) is 10.7. The fourth-order valence-corrected chi connectivity index (χ4v) is 8.63. The van der Waals surface area contributed by atoms with E-state index >= 15 is 0 Å². The van der Waals surface area contributed by atoms with Crippen LogP contribution in [0.2, 0.25) is 0 Å². The molecule has 1 aromatic rings. The Morgan fingerprint density at radius 1 is 1.10 bits per heavy atom. The van der Waals surface area contributed by atoms with Crippen molar-refractivity contribution >= 4 is 34.4 Å². The molecular weight excluding hydrogens is 651 g/mol. The summed E-state index contributed by atoms with van der Waals surface area (Å²) in [5.74, 6) is 2.33. The number of aliphatic hydroxyl groups excluding tert-OH is 3. The number of rotatable bonds is 11. The van der Waals surface area contributed by atoms with Crippen molar-refractivity contribution in [2.75, 3.05) is 20.3 Å². The van der Waals surface area contributed by atoms with E-state index in [1.807, 2.05) is 4.90 Å². The first-order chi connectivity index (χ1) is 20.3. The minimum Gasteiger partial charge on any atom is -0.493 e. The van der Waals surface area contributed by atoms with Crippen molar-refractivity contribution < 1.29 is 34.4 Å². The number of aliphatic hydroxyl groups is 3. The van der Waals surface area contributed by atoms with E-state index in [2.05, 4.69) is 27.9 Å². The molecule has 3 unspecified atom stereocenters. The highest BCUT2D eigenvalue weighted by Gasteiger charge is 2.46. The van der Waals surface area contributed by atoms with E-state index in [0.29, 0.717) is 44.5 Å². The maximum absolute atomic E-state index is 14.2. The Labute approximate surface area is 262 Å². The number of nitrogens with zero attached hydrogens (tertiary/aromatic N) is 1. The van der Waals surface area contributed by atoms with Crippen molar-refractivity contribution in [2.24, 2.45) is 17.8 Å². The first-order valence-electron chi connectivity index (χ1n) is 15.6. The number of benzene rings is 1. The van der Waals surface area contributed by atoms with Gasteiger partial charge in [-0.1, -0.05) is 25.7 Å². The highest BCUT2D eigenvalue weighted by molar-refractivity contribution is 14.1. The quantitative estimate of drug-likeness (QED) is 0.260. The third-order valence-corrected chi connectivity index (χ3v) is 10.7. The largest absolute Gasteiger partial charge is 0.493 e. The molecule has 5 rings (SSSR count). The number of hydrogen-bond donors (Lipinski definition) is 4. The van der Waals surface area contributed by atoms with Crippen LogP contribution in [-0.2, 0) is 16.2 Å². The summed E-state index contributed by atoms with van der Waals surface area (Å²) >= 11 is 2.11. The number of fused-ring (bicyclic) bond motifs is 2. The molecule has 1 aromatic carbocycles. The van der Waals surface area contributed by atoms with Gasteiger partial charge < -0.3 is 35.0 Å². The summed E-state index contributed by atoms with van der Waals surface area (Å²) < 4.78 is 12.7. The standard InChI is InChI=1S/C32H45IN2O7/c1-41-28-14-20(18-37)13-25(33)31(28)42-27-16-23(32(40)34-9-10-36)15-26(30(27)39)35(24-5-3-2-4-6-24)29(38)17-22-12-19-7-8-21(22)11-19/h13-14,16,19,21-22,24,26-27,30,36-37,39H,2-12,15,17-18H2,1H3,(H,34,40)/t19?,21?,22?,26-,27+,30+/m1/s1. The number of carbonyl (C=O) groups is 2. The number of nitrogens with one attached hydrogen (secondary N) is 1. The summed E-state index contributed by atoms with van der Waals surface area (Å²) in [5, 5.41) is 33.6. The smallest absolute Gasteiger partial charge is 0.247 e. The molecule has 232 valence electrons. The third kappa shape index (κ3) is 6.92. The zero-order valence-corrected chi connectivity index (χ0v) is 26.6. The lowest BCUT2D eigenvalue weighted by Crippen LogP contribution is -2.58. The van der Waals surface area contributed by atoms with Crippen LogP contribution in [-0.4, -0.2) is 76.6 Å². The van der Waals surface area contributed by atoms with Gasteiger partial charge in [0.25, 0.3) is 0 Å². The van der Waals surface area contributed by atoms with Crippen LogP contribution in [0.4, 0.5) is 0 Å². The van der Waals surface area contributed by atoms with E-state index < -0.39 is 18.2 Å². The molecule has 2 amide bonds. The van der Waals surface area contributed by atoms with Gasteiger partial charge in [0.15, 0.2) is 11.5 Å². The van der Waals surface area contributed by atoms with Gasteiger partial charge >= 0.3 is 0 Å². The molecule has 9 nitrogen and oxygen atoms in total. The van der Waals surface area contributed by atoms with E-state index in [4.69, 9.17) is 9.47 Å². The molecule has 6 atom stereocenters. The second kappa shape index (κ2) is 14.3. The number of amides is 2. The average Bonchev–Trinajstić information content (AvgIpc) is 3.62. The molecule has 4 aliphatic rings. The highest BCUT2D eigenvalue weighted by atomic mass is 127. The van der Waals surface area contributed by atoms with Gasteiger partial charge in [0.2, 0.25) is 11.8 Å². The molecule has 0 aromatic heterocycles. The van der Waals surface area contributed by atoms with Crippen molar-refractivity contribution in [1.82, 2.24) is 10.2 Å². The van der Waals surface area contributed by atoms with Gasteiger partial charge in [-0.15, -0.1) is 0 Å². The van der Waals surface area contributed by atoms with Gasteiger partial charge in [-0.25, -0.2) is 0 Å². The second-order valence-corrected chi connectivity index (χ2v) is 13.7. The van der Waals surface area contributed by atoms with Crippen molar-refractivity contribution in [1.29, 1.82) is 0 Å². The summed E-state index contributed by atoms with van der Waals surface area (Å²) in [4.78, 5) is 29.4. The summed E-state index contributed by atoms with van der Waals surface area (Å²) in [6.45, 7) is -0.233. The monoisotopic (exact) mass is 696 g/mol. The fraction of sp³-hybridized carbons (Fsp3) is 0.688. The maximum atomic E-state index is 14.2. The lowest BCUT2D eigenvalue weighted by atomic mass is 9.83.